The molecule has 0 saturated carbocycles. The van der Waals surface area contributed by atoms with Gasteiger partial charge in [0.05, 0.1) is 0 Å². The van der Waals surface area contributed by atoms with Crippen molar-refractivity contribution < 1.29 is 0 Å². The molecule has 0 aliphatic carbocycles. The maximum atomic E-state index is 4.35. The Morgan fingerprint density at radius 1 is 1.37 bits per heavy atom. The molecule has 0 aromatic carbocycles. The molecule has 0 radical (unpaired) electrons. The number of fused-ring (bicyclic) bond motifs is 1. The third kappa shape index (κ3) is 3.41. The second kappa shape index (κ2) is 5.13. The van der Waals surface area contributed by atoms with Gasteiger partial charge in [0.1, 0.15) is 12.1 Å². The molecule has 0 bridgehead atoms. The van der Waals surface area contributed by atoms with Crippen LogP contribution in [0.1, 0.15) is 26.5 Å². The van der Waals surface area contributed by atoms with E-state index in [0.717, 1.165) is 24.6 Å². The normalized spacial score (nSPS) is 12.1. The zero-order valence-corrected chi connectivity index (χ0v) is 12.3. The number of likely N-dealkylation sites (N-methyl/N-ethyl adjacent to an activating group) is 1. The highest BCUT2D eigenvalue weighted by Crippen LogP contribution is 2.13. The monoisotopic (exact) mass is 262 g/mol. The molecule has 2 aromatic heterocycles. The Hall–Kier alpha value is -1.69. The van der Waals surface area contributed by atoms with Crippen LogP contribution in [0, 0.1) is 6.92 Å². The Balaban J connectivity index is 2.12. The predicted octanol–water partition coefficient (Wildman–Crippen LogP) is 1.26. The molecule has 0 unspecified atom stereocenters. The molecular weight excluding hydrogens is 240 g/mol. The number of nitrogens with one attached hydrogen (secondary N) is 1. The molecule has 104 valence electrons. The minimum Gasteiger partial charge on any atom is -0.358 e. The first-order valence-corrected chi connectivity index (χ1v) is 6.50. The minimum absolute atomic E-state index is 0.136. The predicted molar refractivity (Wildman–Crippen MR) is 76.5 cm³/mol. The summed E-state index contributed by atoms with van der Waals surface area (Å²) in [5.74, 6) is 1.65. The standard InChI is InChI=1S/C13H22N6/c1-10-8-11(19-12(17-10)14-9-16-19)18(5)7-6-15-13(2,3)4/h8-9,15H,6-7H2,1-5H3. The molecule has 6 heteroatoms. The summed E-state index contributed by atoms with van der Waals surface area (Å²) in [6.45, 7) is 10.3. The molecule has 0 atom stereocenters. The van der Waals surface area contributed by atoms with E-state index < -0.39 is 0 Å². The van der Waals surface area contributed by atoms with Crippen molar-refractivity contribution in [3.8, 4) is 0 Å². The van der Waals surface area contributed by atoms with Gasteiger partial charge in [-0.05, 0) is 27.7 Å². The van der Waals surface area contributed by atoms with Crippen LogP contribution in [-0.4, -0.2) is 45.3 Å². The summed E-state index contributed by atoms with van der Waals surface area (Å²) < 4.78 is 1.77. The van der Waals surface area contributed by atoms with E-state index >= 15 is 0 Å². The average Bonchev–Trinajstić information content (AvgIpc) is 2.73. The van der Waals surface area contributed by atoms with Crippen LogP contribution in [0.5, 0.6) is 0 Å². The Labute approximate surface area is 113 Å². The highest BCUT2D eigenvalue weighted by atomic mass is 15.4. The van der Waals surface area contributed by atoms with Gasteiger partial charge >= 0.3 is 0 Å². The molecule has 2 rings (SSSR count). The maximum Gasteiger partial charge on any atom is 0.254 e. The fourth-order valence-corrected chi connectivity index (χ4v) is 1.90. The van der Waals surface area contributed by atoms with Crippen LogP contribution in [0.3, 0.4) is 0 Å². The van der Waals surface area contributed by atoms with Gasteiger partial charge in [-0.3, -0.25) is 0 Å². The van der Waals surface area contributed by atoms with Gasteiger partial charge in [0.2, 0.25) is 0 Å². The van der Waals surface area contributed by atoms with Crippen molar-refractivity contribution in [3.63, 3.8) is 0 Å². The van der Waals surface area contributed by atoms with Crippen LogP contribution in [-0.2, 0) is 0 Å². The first kappa shape index (κ1) is 13.7. The van der Waals surface area contributed by atoms with E-state index in [-0.39, 0.29) is 5.54 Å². The summed E-state index contributed by atoms with van der Waals surface area (Å²) in [6.07, 6.45) is 1.53. The summed E-state index contributed by atoms with van der Waals surface area (Å²) in [7, 11) is 2.06. The van der Waals surface area contributed by atoms with Crippen LogP contribution in [0.25, 0.3) is 5.78 Å². The lowest BCUT2D eigenvalue weighted by atomic mass is 10.1. The van der Waals surface area contributed by atoms with Crippen LogP contribution in [0.2, 0.25) is 0 Å². The van der Waals surface area contributed by atoms with Crippen molar-refractivity contribution in [1.82, 2.24) is 24.9 Å². The average molecular weight is 262 g/mol. The third-order valence-corrected chi connectivity index (χ3v) is 2.85. The fourth-order valence-electron chi connectivity index (χ4n) is 1.90. The van der Waals surface area contributed by atoms with Gasteiger partial charge in [0.25, 0.3) is 5.78 Å². The van der Waals surface area contributed by atoms with Crippen LogP contribution in [0.4, 0.5) is 5.82 Å². The van der Waals surface area contributed by atoms with Crippen molar-refractivity contribution in [2.75, 3.05) is 25.0 Å². The van der Waals surface area contributed by atoms with E-state index in [1.54, 1.807) is 4.52 Å². The topological polar surface area (TPSA) is 58.4 Å². The molecule has 0 saturated heterocycles. The summed E-state index contributed by atoms with van der Waals surface area (Å²) in [5.41, 5.74) is 1.09. The van der Waals surface area contributed by atoms with E-state index in [4.69, 9.17) is 0 Å². The highest BCUT2D eigenvalue weighted by Gasteiger charge is 2.12. The molecule has 2 heterocycles. The van der Waals surface area contributed by atoms with Crippen LogP contribution >= 0.6 is 0 Å². The van der Waals surface area contributed by atoms with Gasteiger partial charge in [-0.1, -0.05) is 0 Å². The molecule has 0 amide bonds. The van der Waals surface area contributed by atoms with E-state index in [1.807, 2.05) is 13.0 Å². The lowest BCUT2D eigenvalue weighted by Crippen LogP contribution is -2.41. The quantitative estimate of drug-likeness (QED) is 0.899. The lowest BCUT2D eigenvalue weighted by Gasteiger charge is -2.24. The smallest absolute Gasteiger partial charge is 0.254 e. The summed E-state index contributed by atoms with van der Waals surface area (Å²) in [5, 5.41) is 7.70. The first-order chi connectivity index (χ1) is 8.87. The molecular formula is C13H22N6. The van der Waals surface area contributed by atoms with Crippen molar-refractivity contribution in [3.05, 3.63) is 18.1 Å². The van der Waals surface area contributed by atoms with Gasteiger partial charge in [0.15, 0.2) is 0 Å². The van der Waals surface area contributed by atoms with E-state index in [1.165, 1.54) is 6.33 Å². The molecule has 0 fully saturated rings. The number of hydrogen-bond donors (Lipinski definition) is 1. The zero-order valence-electron chi connectivity index (χ0n) is 12.3. The number of aromatic nitrogens is 4. The van der Waals surface area contributed by atoms with Gasteiger partial charge in [0, 0.05) is 37.4 Å². The fraction of sp³-hybridized carbons (Fsp3) is 0.615. The molecule has 19 heavy (non-hydrogen) atoms. The van der Waals surface area contributed by atoms with Gasteiger partial charge in [-0.15, -0.1) is 0 Å². The van der Waals surface area contributed by atoms with Crippen molar-refractivity contribution in [1.29, 1.82) is 0 Å². The van der Waals surface area contributed by atoms with Crippen molar-refractivity contribution in [2.24, 2.45) is 0 Å². The molecule has 2 aromatic rings. The third-order valence-electron chi connectivity index (χ3n) is 2.85. The molecule has 6 nitrogen and oxygen atoms in total. The van der Waals surface area contributed by atoms with Crippen LogP contribution < -0.4 is 10.2 Å². The van der Waals surface area contributed by atoms with E-state index in [9.17, 15) is 0 Å². The summed E-state index contributed by atoms with van der Waals surface area (Å²) in [6, 6.07) is 2.03. The Morgan fingerprint density at radius 2 is 2.11 bits per heavy atom. The Bertz CT molecular complexity index is 554. The number of aryl methyl sites for hydroxylation is 1. The Kier molecular flexibility index (Phi) is 3.71. The first-order valence-electron chi connectivity index (χ1n) is 6.50. The molecule has 0 aliphatic heterocycles. The van der Waals surface area contributed by atoms with Gasteiger partial charge in [-0.2, -0.15) is 14.6 Å². The Morgan fingerprint density at radius 3 is 2.79 bits per heavy atom. The molecule has 1 N–H and O–H groups in total. The SMILES string of the molecule is Cc1cc(N(C)CCNC(C)(C)C)n2ncnc2n1. The second-order valence-corrected chi connectivity index (χ2v) is 5.83. The second-order valence-electron chi connectivity index (χ2n) is 5.83. The number of nitrogens with zero attached hydrogens (tertiary/aromatic N) is 5. The van der Waals surface area contributed by atoms with Crippen molar-refractivity contribution >= 4 is 11.6 Å². The number of hydrogen-bond acceptors (Lipinski definition) is 5. The zero-order chi connectivity index (χ0) is 14.0. The highest BCUT2D eigenvalue weighted by molar-refractivity contribution is 5.46. The minimum atomic E-state index is 0.136. The number of rotatable bonds is 4. The van der Waals surface area contributed by atoms with Crippen molar-refractivity contribution in [2.45, 2.75) is 33.2 Å². The maximum absolute atomic E-state index is 4.35. The molecule has 0 aliphatic rings. The summed E-state index contributed by atoms with van der Waals surface area (Å²) >= 11 is 0. The number of anilines is 1. The van der Waals surface area contributed by atoms with Crippen LogP contribution in [0.15, 0.2) is 12.4 Å². The van der Waals surface area contributed by atoms with E-state index in [0.29, 0.717) is 5.78 Å². The molecule has 0 spiro atoms. The lowest BCUT2D eigenvalue weighted by molar-refractivity contribution is 0.430. The van der Waals surface area contributed by atoms with E-state index in [2.05, 4.69) is 53.1 Å². The van der Waals surface area contributed by atoms with Gasteiger partial charge in [-0.25, -0.2) is 4.98 Å². The van der Waals surface area contributed by atoms with Gasteiger partial charge < -0.3 is 10.2 Å². The largest absolute Gasteiger partial charge is 0.358 e. The summed E-state index contributed by atoms with van der Waals surface area (Å²) in [4.78, 5) is 10.6.